The molecular weight excluding hydrogens is 300 g/mol. The number of aromatic nitrogens is 1. The number of aromatic carboxylic acids is 1. The molecule has 0 amide bonds. The average Bonchev–Trinajstić information content (AvgIpc) is 2.40. The molecule has 0 atom stereocenters. The van der Waals surface area contributed by atoms with Gasteiger partial charge in [0.1, 0.15) is 5.69 Å². The number of rotatable bonds is 4. The predicted molar refractivity (Wildman–Crippen MR) is 74.9 cm³/mol. The van der Waals surface area contributed by atoms with Gasteiger partial charge in [-0.05, 0) is 18.2 Å². The van der Waals surface area contributed by atoms with E-state index in [4.69, 9.17) is 16.7 Å². The molecule has 1 N–H and O–H groups in total. The molecule has 0 unspecified atom stereocenters. The van der Waals surface area contributed by atoms with Crippen molar-refractivity contribution in [2.45, 2.75) is 6.54 Å². The molecule has 0 spiro atoms. The molecule has 0 fully saturated rings. The molecule has 2 rings (SSSR count). The summed E-state index contributed by atoms with van der Waals surface area (Å²) in [6.07, 6.45) is 0. The molecule has 0 bridgehead atoms. The van der Waals surface area contributed by atoms with E-state index in [2.05, 4.69) is 0 Å². The van der Waals surface area contributed by atoms with Gasteiger partial charge in [-0.3, -0.25) is 19.5 Å². The van der Waals surface area contributed by atoms with E-state index < -0.39 is 16.5 Å². The molecule has 21 heavy (non-hydrogen) atoms. The van der Waals surface area contributed by atoms with E-state index in [9.17, 15) is 19.7 Å². The molecule has 2 aromatic rings. The Balaban J connectivity index is 2.58. The van der Waals surface area contributed by atoms with Crippen molar-refractivity contribution in [3.05, 3.63) is 73.1 Å². The van der Waals surface area contributed by atoms with Gasteiger partial charge in [-0.15, -0.1) is 0 Å². The first-order valence-electron chi connectivity index (χ1n) is 5.76. The highest BCUT2D eigenvalue weighted by Gasteiger charge is 2.17. The number of halogens is 1. The first kappa shape index (κ1) is 14.7. The molecule has 0 saturated heterocycles. The van der Waals surface area contributed by atoms with Gasteiger partial charge in [0.05, 0.1) is 17.0 Å². The van der Waals surface area contributed by atoms with E-state index in [1.165, 1.54) is 36.4 Å². The van der Waals surface area contributed by atoms with E-state index >= 15 is 0 Å². The summed E-state index contributed by atoms with van der Waals surface area (Å²) in [5.74, 6) is -1.29. The minimum absolute atomic E-state index is 0.156. The lowest BCUT2D eigenvalue weighted by Crippen LogP contribution is -2.25. The first-order chi connectivity index (χ1) is 9.90. The van der Waals surface area contributed by atoms with Gasteiger partial charge >= 0.3 is 5.97 Å². The number of carbonyl (C=O) groups is 1. The standard InChI is InChI=1S/C13H9ClN2O5/c14-9-4-5-10(16(20)21)8(6-9)7-15-11(13(18)19)2-1-3-12(15)17/h1-6H,7H2,(H,18,19). The van der Waals surface area contributed by atoms with Crippen molar-refractivity contribution in [3.63, 3.8) is 0 Å². The second-order valence-corrected chi connectivity index (χ2v) is 4.61. The van der Waals surface area contributed by atoms with Crippen molar-refractivity contribution >= 4 is 23.3 Å². The molecule has 1 aromatic carbocycles. The summed E-state index contributed by atoms with van der Waals surface area (Å²) in [6.45, 7) is -0.252. The summed E-state index contributed by atoms with van der Waals surface area (Å²) < 4.78 is 0.945. The van der Waals surface area contributed by atoms with Crippen LogP contribution in [0.2, 0.25) is 5.02 Å². The maximum Gasteiger partial charge on any atom is 0.352 e. The molecule has 0 aliphatic carbocycles. The maximum absolute atomic E-state index is 11.8. The summed E-state index contributed by atoms with van der Waals surface area (Å²) in [7, 11) is 0. The van der Waals surface area contributed by atoms with Crippen LogP contribution in [-0.4, -0.2) is 20.6 Å². The van der Waals surface area contributed by atoms with Gasteiger partial charge in [0.25, 0.3) is 11.2 Å². The maximum atomic E-state index is 11.8. The van der Waals surface area contributed by atoms with Crippen molar-refractivity contribution in [2.24, 2.45) is 0 Å². The lowest BCUT2D eigenvalue weighted by molar-refractivity contribution is -0.385. The molecule has 1 aromatic heterocycles. The van der Waals surface area contributed by atoms with Crippen LogP contribution < -0.4 is 5.56 Å². The fraction of sp³-hybridized carbons (Fsp3) is 0.0769. The number of nitrogens with zero attached hydrogens (tertiary/aromatic N) is 2. The van der Waals surface area contributed by atoms with E-state index in [0.717, 1.165) is 4.57 Å². The molecule has 7 nitrogen and oxygen atoms in total. The van der Waals surface area contributed by atoms with E-state index in [1.807, 2.05) is 0 Å². The average molecular weight is 309 g/mol. The Morgan fingerprint density at radius 1 is 1.33 bits per heavy atom. The molecular formula is C13H9ClN2O5. The normalized spacial score (nSPS) is 10.3. The zero-order valence-electron chi connectivity index (χ0n) is 10.5. The Morgan fingerprint density at radius 3 is 2.67 bits per heavy atom. The Hall–Kier alpha value is -2.67. The number of pyridine rings is 1. The van der Waals surface area contributed by atoms with Gasteiger partial charge in [0.2, 0.25) is 0 Å². The summed E-state index contributed by atoms with van der Waals surface area (Å²) >= 11 is 5.80. The molecule has 0 radical (unpaired) electrons. The van der Waals surface area contributed by atoms with Crippen LogP contribution in [0.3, 0.4) is 0 Å². The third-order valence-electron chi connectivity index (χ3n) is 2.84. The van der Waals surface area contributed by atoms with Crippen molar-refractivity contribution < 1.29 is 14.8 Å². The van der Waals surface area contributed by atoms with Crippen molar-refractivity contribution in [2.75, 3.05) is 0 Å². The van der Waals surface area contributed by atoms with E-state index in [0.29, 0.717) is 0 Å². The highest BCUT2D eigenvalue weighted by atomic mass is 35.5. The van der Waals surface area contributed by atoms with Gasteiger partial charge < -0.3 is 5.11 Å². The fourth-order valence-corrected chi connectivity index (χ4v) is 2.09. The fourth-order valence-electron chi connectivity index (χ4n) is 1.90. The Labute approximate surface area is 123 Å². The van der Waals surface area contributed by atoms with Crippen LogP contribution in [0.25, 0.3) is 0 Å². The summed E-state index contributed by atoms with van der Waals surface area (Å²) in [4.78, 5) is 33.3. The smallest absolute Gasteiger partial charge is 0.352 e. The molecule has 108 valence electrons. The van der Waals surface area contributed by atoms with Gasteiger partial charge in [-0.1, -0.05) is 17.7 Å². The number of hydrogen-bond acceptors (Lipinski definition) is 4. The highest BCUT2D eigenvalue weighted by Crippen LogP contribution is 2.23. The summed E-state index contributed by atoms with van der Waals surface area (Å²) in [6, 6.07) is 7.66. The Kier molecular flexibility index (Phi) is 4.04. The van der Waals surface area contributed by atoms with Crippen LogP contribution in [0.1, 0.15) is 16.1 Å². The second-order valence-electron chi connectivity index (χ2n) is 4.17. The molecule has 0 aliphatic heterocycles. The topological polar surface area (TPSA) is 102 Å². The minimum atomic E-state index is -1.29. The number of benzene rings is 1. The van der Waals surface area contributed by atoms with Gasteiger partial charge in [-0.2, -0.15) is 0 Å². The van der Waals surface area contributed by atoms with Gasteiger partial charge in [0.15, 0.2) is 0 Å². The minimum Gasteiger partial charge on any atom is -0.477 e. The summed E-state index contributed by atoms with van der Waals surface area (Å²) in [5.41, 5.74) is -0.893. The van der Waals surface area contributed by atoms with E-state index in [-0.39, 0.29) is 28.5 Å². The lowest BCUT2D eigenvalue weighted by Gasteiger charge is -2.10. The third-order valence-corrected chi connectivity index (χ3v) is 3.07. The van der Waals surface area contributed by atoms with E-state index in [1.54, 1.807) is 0 Å². The predicted octanol–water partition coefficient (Wildman–Crippen LogP) is 2.16. The van der Waals surface area contributed by atoms with Crippen LogP contribution in [-0.2, 0) is 6.54 Å². The van der Waals surface area contributed by atoms with Crippen molar-refractivity contribution in [3.8, 4) is 0 Å². The Morgan fingerprint density at radius 2 is 2.05 bits per heavy atom. The number of hydrogen-bond donors (Lipinski definition) is 1. The van der Waals surface area contributed by atoms with Crippen LogP contribution in [0, 0.1) is 10.1 Å². The van der Waals surface area contributed by atoms with Crippen LogP contribution in [0.4, 0.5) is 5.69 Å². The molecule has 0 saturated carbocycles. The SMILES string of the molecule is O=C(O)c1cccc(=O)n1Cc1cc(Cl)ccc1[N+](=O)[O-]. The van der Waals surface area contributed by atoms with Crippen molar-refractivity contribution in [1.29, 1.82) is 0 Å². The molecule has 8 heteroatoms. The zero-order chi connectivity index (χ0) is 15.6. The zero-order valence-corrected chi connectivity index (χ0v) is 11.3. The van der Waals surface area contributed by atoms with Crippen molar-refractivity contribution in [1.82, 2.24) is 4.57 Å². The quantitative estimate of drug-likeness (QED) is 0.688. The largest absolute Gasteiger partial charge is 0.477 e. The van der Waals surface area contributed by atoms with Gasteiger partial charge in [0, 0.05) is 17.2 Å². The van der Waals surface area contributed by atoms with Crippen LogP contribution in [0.15, 0.2) is 41.2 Å². The summed E-state index contributed by atoms with van der Waals surface area (Å²) in [5, 5.41) is 20.3. The third kappa shape index (κ3) is 3.09. The Bertz CT molecular complexity index is 784. The number of carboxylic acids is 1. The number of nitro benzene ring substituents is 1. The molecule has 0 aliphatic rings. The lowest BCUT2D eigenvalue weighted by atomic mass is 10.1. The van der Waals surface area contributed by atoms with Crippen LogP contribution >= 0.6 is 11.6 Å². The molecule has 1 heterocycles. The monoisotopic (exact) mass is 308 g/mol. The number of nitro groups is 1. The second kappa shape index (κ2) is 5.76. The van der Waals surface area contributed by atoms with Crippen LogP contribution in [0.5, 0.6) is 0 Å². The highest BCUT2D eigenvalue weighted by molar-refractivity contribution is 6.30. The number of carboxylic acid groups (broad SMARTS) is 1. The first-order valence-corrected chi connectivity index (χ1v) is 6.14. The van der Waals surface area contributed by atoms with Gasteiger partial charge in [-0.25, -0.2) is 4.79 Å².